The number of hydrogen-bond donors (Lipinski definition) is 1. The number of ether oxygens (including phenoxy) is 1. The molecule has 0 radical (unpaired) electrons. The van der Waals surface area contributed by atoms with Gasteiger partial charge in [-0.05, 0) is 97.8 Å². The smallest absolute Gasteiger partial charge is 0.309 e. The Labute approximate surface area is 223 Å². The van der Waals surface area contributed by atoms with Crippen LogP contribution in [0.5, 0.6) is 5.75 Å². The lowest BCUT2D eigenvalue weighted by Gasteiger charge is -2.35. The van der Waals surface area contributed by atoms with Crippen LogP contribution < -0.4 is 9.64 Å². The number of aryl methyl sites for hydroxylation is 1. The standard InChI is InChI=1S/C29H36N4O3S/c1-7-9-25(34)33-28(35)37-29(4,5)26(31-33)20-11-12-24-19(14-20)10-8-13-32(24)27(30)22-15-21(18(2)3)16-23(17-22)36-6/h11-12,14-18,30H,7-10,13H2,1-6H3. The van der Waals surface area contributed by atoms with Crippen molar-refractivity contribution in [3.05, 3.63) is 58.7 Å². The van der Waals surface area contributed by atoms with Crippen LogP contribution in [-0.2, 0) is 11.2 Å². The quantitative estimate of drug-likeness (QED) is 0.344. The van der Waals surface area contributed by atoms with E-state index >= 15 is 0 Å². The van der Waals surface area contributed by atoms with Gasteiger partial charge in [0.05, 0.1) is 17.6 Å². The number of imide groups is 1. The van der Waals surface area contributed by atoms with E-state index in [9.17, 15) is 9.59 Å². The maximum atomic E-state index is 12.6. The molecule has 0 saturated carbocycles. The highest BCUT2D eigenvalue weighted by atomic mass is 32.2. The molecule has 196 valence electrons. The molecule has 1 N–H and O–H groups in total. The van der Waals surface area contributed by atoms with Crippen molar-refractivity contribution in [2.75, 3.05) is 18.6 Å². The number of hydrazone groups is 1. The molecule has 2 heterocycles. The number of methoxy groups -OCH3 is 1. The van der Waals surface area contributed by atoms with Crippen molar-refractivity contribution in [2.24, 2.45) is 5.10 Å². The van der Waals surface area contributed by atoms with Gasteiger partial charge in [0.2, 0.25) is 0 Å². The van der Waals surface area contributed by atoms with Crippen LogP contribution in [0.1, 0.15) is 82.1 Å². The van der Waals surface area contributed by atoms with Gasteiger partial charge in [0, 0.05) is 24.2 Å². The number of nitrogens with zero attached hydrogens (tertiary/aromatic N) is 3. The first kappa shape index (κ1) is 26.9. The van der Waals surface area contributed by atoms with E-state index in [1.165, 1.54) is 0 Å². The zero-order chi connectivity index (χ0) is 26.9. The lowest BCUT2D eigenvalue weighted by atomic mass is 9.92. The molecule has 8 heteroatoms. The Morgan fingerprint density at radius 1 is 1.22 bits per heavy atom. The molecule has 0 atom stereocenters. The summed E-state index contributed by atoms with van der Waals surface area (Å²) in [6, 6.07) is 12.2. The van der Waals surface area contributed by atoms with Gasteiger partial charge in [-0.25, -0.2) is 0 Å². The number of fused-ring (bicyclic) bond motifs is 1. The third kappa shape index (κ3) is 5.44. The molecule has 7 nitrogen and oxygen atoms in total. The Bertz CT molecular complexity index is 1270. The molecule has 2 aliphatic heterocycles. The normalized spacial score (nSPS) is 16.9. The zero-order valence-corrected chi connectivity index (χ0v) is 23.4. The Kier molecular flexibility index (Phi) is 7.78. The maximum absolute atomic E-state index is 12.6. The first-order valence-electron chi connectivity index (χ1n) is 12.9. The lowest BCUT2D eigenvalue weighted by molar-refractivity contribution is -0.127. The molecule has 0 aromatic heterocycles. The van der Waals surface area contributed by atoms with Crippen LogP contribution in [0.4, 0.5) is 10.5 Å². The van der Waals surface area contributed by atoms with Crippen LogP contribution in [-0.4, -0.2) is 46.1 Å². The molecule has 2 aromatic rings. The summed E-state index contributed by atoms with van der Waals surface area (Å²) in [7, 11) is 1.66. The Morgan fingerprint density at radius 2 is 1.97 bits per heavy atom. The van der Waals surface area contributed by atoms with Crippen molar-refractivity contribution in [1.82, 2.24) is 5.01 Å². The van der Waals surface area contributed by atoms with E-state index in [1.807, 2.05) is 45.0 Å². The van der Waals surface area contributed by atoms with E-state index in [1.54, 1.807) is 7.11 Å². The molecular weight excluding hydrogens is 484 g/mol. The average Bonchev–Trinajstić information content (AvgIpc) is 2.86. The fourth-order valence-electron chi connectivity index (χ4n) is 4.80. The molecule has 0 bridgehead atoms. The second kappa shape index (κ2) is 10.7. The molecule has 0 fully saturated rings. The summed E-state index contributed by atoms with van der Waals surface area (Å²) >= 11 is 1.13. The van der Waals surface area contributed by atoms with Gasteiger partial charge in [0.25, 0.3) is 5.91 Å². The predicted molar refractivity (Wildman–Crippen MR) is 151 cm³/mol. The minimum Gasteiger partial charge on any atom is -0.497 e. The summed E-state index contributed by atoms with van der Waals surface area (Å²) < 4.78 is 4.95. The Hall–Kier alpha value is -3.13. The number of hydrogen-bond acceptors (Lipinski definition) is 6. The Balaban J connectivity index is 1.70. The summed E-state index contributed by atoms with van der Waals surface area (Å²) in [6.45, 7) is 10.9. The molecule has 2 aliphatic rings. The number of thioether (sulfide) groups is 1. The SMILES string of the molecule is CCCC(=O)N1N=C(c2ccc3c(c2)CCCN3C(=N)c2cc(OC)cc(C(C)C)c2)C(C)(C)SC1=O. The van der Waals surface area contributed by atoms with Gasteiger partial charge >= 0.3 is 5.24 Å². The molecule has 0 saturated heterocycles. The van der Waals surface area contributed by atoms with E-state index < -0.39 is 4.75 Å². The number of carbonyl (C=O) groups is 2. The van der Waals surface area contributed by atoms with E-state index in [2.05, 4.69) is 36.0 Å². The highest BCUT2D eigenvalue weighted by molar-refractivity contribution is 8.15. The molecule has 0 aliphatic carbocycles. The second-order valence-corrected chi connectivity index (χ2v) is 12.0. The summed E-state index contributed by atoms with van der Waals surface area (Å²) in [6.07, 6.45) is 2.76. The van der Waals surface area contributed by atoms with Crippen molar-refractivity contribution in [3.8, 4) is 5.75 Å². The Morgan fingerprint density at radius 3 is 2.65 bits per heavy atom. The zero-order valence-electron chi connectivity index (χ0n) is 22.6. The van der Waals surface area contributed by atoms with Gasteiger partial charge in [-0.1, -0.05) is 26.8 Å². The lowest BCUT2D eigenvalue weighted by Crippen LogP contribution is -2.43. The summed E-state index contributed by atoms with van der Waals surface area (Å²) in [4.78, 5) is 27.2. The number of nitrogens with one attached hydrogen (secondary N) is 1. The van der Waals surface area contributed by atoms with E-state index in [4.69, 9.17) is 10.1 Å². The van der Waals surface area contributed by atoms with Gasteiger partial charge in [-0.15, -0.1) is 0 Å². The highest BCUT2D eigenvalue weighted by Crippen LogP contribution is 2.38. The van der Waals surface area contributed by atoms with Crippen LogP contribution in [0.25, 0.3) is 0 Å². The summed E-state index contributed by atoms with van der Waals surface area (Å²) in [5.74, 6) is 1.25. The van der Waals surface area contributed by atoms with Crippen molar-refractivity contribution < 1.29 is 14.3 Å². The third-order valence-electron chi connectivity index (χ3n) is 6.83. The highest BCUT2D eigenvalue weighted by Gasteiger charge is 2.40. The van der Waals surface area contributed by atoms with Gasteiger partial charge in [0.15, 0.2) is 0 Å². The van der Waals surface area contributed by atoms with E-state index in [-0.39, 0.29) is 17.6 Å². The topological polar surface area (TPSA) is 86.1 Å². The number of amides is 2. The van der Waals surface area contributed by atoms with Gasteiger partial charge in [-0.3, -0.25) is 15.0 Å². The number of benzene rings is 2. The minimum atomic E-state index is -0.566. The van der Waals surface area contributed by atoms with Crippen LogP contribution >= 0.6 is 11.8 Å². The molecule has 4 rings (SSSR count). The molecular formula is C29H36N4O3S. The third-order valence-corrected chi connectivity index (χ3v) is 7.88. The number of anilines is 1. The monoisotopic (exact) mass is 520 g/mol. The summed E-state index contributed by atoms with van der Waals surface area (Å²) in [5.41, 5.74) is 5.72. The van der Waals surface area contributed by atoms with Crippen molar-refractivity contribution in [1.29, 1.82) is 5.41 Å². The first-order chi connectivity index (χ1) is 17.6. The van der Waals surface area contributed by atoms with Crippen LogP contribution in [0, 0.1) is 5.41 Å². The van der Waals surface area contributed by atoms with Gasteiger partial charge < -0.3 is 9.64 Å². The van der Waals surface area contributed by atoms with Crippen molar-refractivity contribution in [3.63, 3.8) is 0 Å². The average molecular weight is 521 g/mol. The fourth-order valence-corrected chi connectivity index (χ4v) is 5.72. The summed E-state index contributed by atoms with van der Waals surface area (Å²) in [5, 5.41) is 14.3. The van der Waals surface area contributed by atoms with Crippen molar-refractivity contribution >= 4 is 40.1 Å². The number of carbonyl (C=O) groups excluding carboxylic acids is 2. The molecule has 2 amide bonds. The molecule has 2 aromatic carbocycles. The van der Waals surface area contributed by atoms with E-state index in [0.29, 0.717) is 23.9 Å². The minimum absolute atomic E-state index is 0.273. The van der Waals surface area contributed by atoms with Crippen LogP contribution in [0.2, 0.25) is 0 Å². The van der Waals surface area contributed by atoms with Gasteiger partial charge in [-0.2, -0.15) is 10.1 Å². The molecule has 0 unspecified atom stereocenters. The predicted octanol–water partition coefficient (Wildman–Crippen LogP) is 6.57. The molecule has 0 spiro atoms. The number of amidine groups is 1. The van der Waals surface area contributed by atoms with E-state index in [0.717, 1.165) is 69.8 Å². The van der Waals surface area contributed by atoms with Crippen LogP contribution in [0.15, 0.2) is 41.5 Å². The second-order valence-electron chi connectivity index (χ2n) is 10.4. The maximum Gasteiger partial charge on any atom is 0.309 e. The van der Waals surface area contributed by atoms with Gasteiger partial charge in [0.1, 0.15) is 11.6 Å². The first-order valence-corrected chi connectivity index (χ1v) is 13.7. The van der Waals surface area contributed by atoms with Crippen LogP contribution in [0.3, 0.4) is 0 Å². The number of rotatable bonds is 6. The fraction of sp³-hybridized carbons (Fsp3) is 0.448. The van der Waals surface area contributed by atoms with Crippen molar-refractivity contribution in [2.45, 2.75) is 71.0 Å². The molecule has 37 heavy (non-hydrogen) atoms. The largest absolute Gasteiger partial charge is 0.497 e.